The molecule has 2 N–H and O–H groups in total. The third kappa shape index (κ3) is 3.71. The lowest BCUT2D eigenvalue weighted by molar-refractivity contribution is -0.137. The number of nitrogen functional groups attached to an aromatic ring is 1. The van der Waals surface area contributed by atoms with Crippen LogP contribution in [0.3, 0.4) is 0 Å². The molecule has 3 aromatic heterocycles. The maximum Gasteiger partial charge on any atom is 0.416 e. The first-order valence-corrected chi connectivity index (χ1v) is 11.4. The SMILES string of the molecule is Cn1cc(N(C(=O)c2cc3c(cc2Cl)nc(N)c2cncn23)C2COc3cc(C(F)(F)F)ccc32)cn1. The van der Waals surface area contributed by atoms with Crippen LogP contribution in [0.15, 0.2) is 55.2 Å². The Hall–Kier alpha value is -4.32. The number of aromatic nitrogens is 5. The minimum Gasteiger partial charge on any atom is -0.491 e. The topological polar surface area (TPSA) is 104 Å². The third-order valence-corrected chi connectivity index (χ3v) is 6.61. The largest absolute Gasteiger partial charge is 0.491 e. The van der Waals surface area contributed by atoms with E-state index in [-0.39, 0.29) is 28.8 Å². The van der Waals surface area contributed by atoms with Gasteiger partial charge >= 0.3 is 6.18 Å². The highest BCUT2D eigenvalue weighted by Crippen LogP contribution is 2.42. The van der Waals surface area contributed by atoms with Crippen LogP contribution in [0.25, 0.3) is 16.6 Å². The molecule has 0 aliphatic carbocycles. The van der Waals surface area contributed by atoms with Crippen molar-refractivity contribution in [3.05, 3.63) is 77.0 Å². The minimum absolute atomic E-state index is 0.0493. The molecule has 37 heavy (non-hydrogen) atoms. The average molecular weight is 528 g/mol. The lowest BCUT2D eigenvalue weighted by Gasteiger charge is -2.27. The van der Waals surface area contributed by atoms with Gasteiger partial charge in [-0.3, -0.25) is 18.8 Å². The summed E-state index contributed by atoms with van der Waals surface area (Å²) in [4.78, 5) is 24.0. The molecule has 9 nitrogen and oxygen atoms in total. The zero-order valence-corrected chi connectivity index (χ0v) is 19.8. The first kappa shape index (κ1) is 23.1. The molecule has 4 heterocycles. The Bertz CT molecular complexity index is 1710. The van der Waals surface area contributed by atoms with E-state index in [0.717, 1.165) is 12.1 Å². The molecule has 0 radical (unpaired) electrons. The fourth-order valence-electron chi connectivity index (χ4n) is 4.55. The number of benzene rings is 2. The Balaban J connectivity index is 1.49. The molecule has 0 spiro atoms. The number of halogens is 4. The fraction of sp³-hybridized carbons (Fsp3) is 0.167. The number of aryl methyl sites for hydroxylation is 1. The van der Waals surface area contributed by atoms with Gasteiger partial charge in [-0.2, -0.15) is 18.3 Å². The summed E-state index contributed by atoms with van der Waals surface area (Å²) < 4.78 is 48.6. The number of hydrogen-bond donors (Lipinski definition) is 1. The van der Waals surface area contributed by atoms with Crippen molar-refractivity contribution in [2.24, 2.45) is 7.05 Å². The van der Waals surface area contributed by atoms with E-state index in [9.17, 15) is 18.0 Å². The fourth-order valence-corrected chi connectivity index (χ4v) is 4.78. The number of nitrogens with two attached hydrogens (primary N) is 1. The summed E-state index contributed by atoms with van der Waals surface area (Å²) in [5.41, 5.74) is 7.79. The Morgan fingerprint density at radius 1 is 1.22 bits per heavy atom. The van der Waals surface area contributed by atoms with Crippen molar-refractivity contribution in [3.63, 3.8) is 0 Å². The van der Waals surface area contributed by atoms with Crippen LogP contribution in [0, 0.1) is 0 Å². The Morgan fingerprint density at radius 2 is 2.03 bits per heavy atom. The van der Waals surface area contributed by atoms with Crippen molar-refractivity contribution in [3.8, 4) is 5.75 Å². The standard InChI is InChI=1S/C24H17ClF3N7O2/c1-33-9-13(7-31-33)35(20-10-37-21-4-12(24(26,27)28)2-3-14(20)21)23(36)15-5-18-17(6-16(15)25)32-22(29)19-8-30-11-34(18)19/h2-9,11,20H,10H2,1H3,(H2,29,32). The number of amides is 1. The summed E-state index contributed by atoms with van der Waals surface area (Å²) in [6.45, 7) is -0.0493. The number of hydrogen-bond acceptors (Lipinski definition) is 6. The van der Waals surface area contributed by atoms with Crippen molar-refractivity contribution in [2.45, 2.75) is 12.2 Å². The van der Waals surface area contributed by atoms with Crippen molar-refractivity contribution >= 4 is 45.6 Å². The van der Waals surface area contributed by atoms with E-state index < -0.39 is 23.7 Å². The van der Waals surface area contributed by atoms with E-state index in [0.29, 0.717) is 27.8 Å². The maximum absolute atomic E-state index is 14.1. The van der Waals surface area contributed by atoms with Gasteiger partial charge < -0.3 is 10.5 Å². The summed E-state index contributed by atoms with van der Waals surface area (Å²) in [6, 6.07) is 5.65. The normalized spacial score (nSPS) is 15.2. The summed E-state index contributed by atoms with van der Waals surface area (Å²) in [7, 11) is 1.69. The Labute approximate surface area is 211 Å². The number of rotatable bonds is 3. The van der Waals surface area contributed by atoms with Gasteiger partial charge in [-0.25, -0.2) is 9.97 Å². The number of carbonyl (C=O) groups excluding carboxylic acids is 1. The molecule has 5 aromatic rings. The van der Waals surface area contributed by atoms with Crippen LogP contribution in [0.4, 0.5) is 24.7 Å². The van der Waals surface area contributed by atoms with Gasteiger partial charge in [0.25, 0.3) is 5.91 Å². The predicted molar refractivity (Wildman–Crippen MR) is 130 cm³/mol. The van der Waals surface area contributed by atoms with Crippen LogP contribution in [0.2, 0.25) is 5.02 Å². The van der Waals surface area contributed by atoms with E-state index >= 15 is 0 Å². The summed E-state index contributed by atoms with van der Waals surface area (Å²) >= 11 is 6.56. The molecule has 1 unspecified atom stereocenters. The van der Waals surface area contributed by atoms with E-state index in [1.165, 1.54) is 27.9 Å². The number of ether oxygens (including phenoxy) is 1. The van der Waals surface area contributed by atoms with Crippen LogP contribution in [0.5, 0.6) is 5.75 Å². The maximum atomic E-state index is 14.1. The highest BCUT2D eigenvalue weighted by Gasteiger charge is 2.38. The van der Waals surface area contributed by atoms with Crippen LogP contribution in [-0.2, 0) is 13.2 Å². The number of nitrogens with zero attached hydrogens (tertiary/aromatic N) is 6. The number of alkyl halides is 3. The lowest BCUT2D eigenvalue weighted by atomic mass is 10.0. The molecule has 0 fully saturated rings. The molecule has 1 aliphatic heterocycles. The van der Waals surface area contributed by atoms with Crippen molar-refractivity contribution in [1.29, 1.82) is 0 Å². The zero-order chi connectivity index (χ0) is 26.1. The van der Waals surface area contributed by atoms with Gasteiger partial charge in [0, 0.05) is 18.8 Å². The lowest BCUT2D eigenvalue weighted by Crippen LogP contribution is -2.36. The van der Waals surface area contributed by atoms with Gasteiger partial charge in [0.15, 0.2) is 0 Å². The molecule has 0 saturated carbocycles. The first-order chi connectivity index (χ1) is 17.6. The Morgan fingerprint density at radius 3 is 2.76 bits per heavy atom. The number of fused-ring (bicyclic) bond motifs is 4. The molecule has 1 atom stereocenters. The molecule has 6 rings (SSSR count). The van der Waals surface area contributed by atoms with Gasteiger partial charge in [-0.05, 0) is 24.3 Å². The quantitative estimate of drug-likeness (QED) is 0.366. The minimum atomic E-state index is -4.52. The highest BCUT2D eigenvalue weighted by molar-refractivity contribution is 6.35. The Kier molecular flexibility index (Phi) is 5.06. The number of anilines is 2. The second-order valence-corrected chi connectivity index (χ2v) is 9.00. The zero-order valence-electron chi connectivity index (χ0n) is 19.1. The first-order valence-electron chi connectivity index (χ1n) is 11.0. The van der Waals surface area contributed by atoms with E-state index in [2.05, 4.69) is 15.1 Å². The second-order valence-electron chi connectivity index (χ2n) is 8.59. The number of carbonyl (C=O) groups is 1. The van der Waals surface area contributed by atoms with Crippen molar-refractivity contribution in [2.75, 3.05) is 17.2 Å². The highest BCUT2D eigenvalue weighted by atomic mass is 35.5. The molecule has 2 aromatic carbocycles. The molecule has 1 aliphatic rings. The van der Waals surface area contributed by atoms with Gasteiger partial charge in [0.1, 0.15) is 23.7 Å². The van der Waals surface area contributed by atoms with Gasteiger partial charge in [-0.15, -0.1) is 0 Å². The van der Waals surface area contributed by atoms with Crippen LogP contribution < -0.4 is 15.4 Å². The summed E-state index contributed by atoms with van der Waals surface area (Å²) in [5.74, 6) is -0.174. The molecule has 1 amide bonds. The van der Waals surface area contributed by atoms with Gasteiger partial charge in [0.2, 0.25) is 0 Å². The smallest absolute Gasteiger partial charge is 0.416 e. The van der Waals surface area contributed by atoms with Crippen molar-refractivity contribution < 1.29 is 22.7 Å². The number of imidazole rings is 1. The molecule has 13 heteroatoms. The molecular formula is C24H17ClF3N7O2. The van der Waals surface area contributed by atoms with Crippen LogP contribution in [0.1, 0.15) is 27.5 Å². The predicted octanol–water partition coefficient (Wildman–Crippen LogP) is 4.65. The van der Waals surface area contributed by atoms with Crippen LogP contribution >= 0.6 is 11.6 Å². The molecule has 0 saturated heterocycles. The molecule has 188 valence electrons. The van der Waals surface area contributed by atoms with E-state index in [1.807, 2.05) is 0 Å². The average Bonchev–Trinajstić information content (AvgIpc) is 3.59. The summed E-state index contributed by atoms with van der Waals surface area (Å²) in [5, 5.41) is 4.30. The van der Waals surface area contributed by atoms with E-state index in [4.69, 9.17) is 22.1 Å². The monoisotopic (exact) mass is 527 g/mol. The van der Waals surface area contributed by atoms with Crippen molar-refractivity contribution in [1.82, 2.24) is 24.1 Å². The molecule has 0 bridgehead atoms. The van der Waals surface area contributed by atoms with Crippen LogP contribution in [-0.4, -0.2) is 36.7 Å². The molecular weight excluding hydrogens is 511 g/mol. The third-order valence-electron chi connectivity index (χ3n) is 6.29. The van der Waals surface area contributed by atoms with E-state index in [1.54, 1.807) is 36.2 Å². The second kappa shape index (κ2) is 8.10. The van der Waals surface area contributed by atoms with Gasteiger partial charge in [-0.1, -0.05) is 17.7 Å². The summed E-state index contributed by atoms with van der Waals surface area (Å²) in [6.07, 6.45) is 1.71. The van der Waals surface area contributed by atoms with Gasteiger partial charge in [0.05, 0.1) is 57.6 Å².